The second-order valence-electron chi connectivity index (χ2n) is 4.38. The minimum absolute atomic E-state index is 0.842. The van der Waals surface area contributed by atoms with Crippen LogP contribution < -0.4 is 5.32 Å². The molecule has 0 spiro atoms. The zero-order valence-electron chi connectivity index (χ0n) is 10.4. The van der Waals surface area contributed by atoms with E-state index in [0.717, 1.165) is 22.4 Å². The number of nitrogens with one attached hydrogen (secondary N) is 1. The van der Waals surface area contributed by atoms with Gasteiger partial charge in [0.15, 0.2) is 0 Å². The largest absolute Gasteiger partial charge is 0.340 e. The topological polar surface area (TPSA) is 37.8 Å². The first-order chi connectivity index (χ1) is 9.22. The van der Waals surface area contributed by atoms with Gasteiger partial charge in [-0.15, -0.1) is 0 Å². The van der Waals surface area contributed by atoms with Gasteiger partial charge < -0.3 is 5.32 Å². The first-order valence-electron chi connectivity index (χ1n) is 5.96. The predicted octanol–water partition coefficient (Wildman–Crippen LogP) is 4.29. The van der Waals surface area contributed by atoms with Gasteiger partial charge in [0, 0.05) is 14.6 Å². The number of anilines is 2. The van der Waals surface area contributed by atoms with Crippen molar-refractivity contribution in [1.29, 1.82) is 0 Å². The van der Waals surface area contributed by atoms with Crippen molar-refractivity contribution in [1.82, 2.24) is 9.97 Å². The molecule has 0 amide bonds. The summed E-state index contributed by atoms with van der Waals surface area (Å²) >= 11 is 2.30. The number of halogens is 1. The molecule has 0 unspecified atom stereocenters. The highest BCUT2D eigenvalue weighted by Gasteiger charge is 2.04. The van der Waals surface area contributed by atoms with Gasteiger partial charge in [-0.3, -0.25) is 0 Å². The summed E-state index contributed by atoms with van der Waals surface area (Å²) in [5, 5.41) is 4.40. The first kappa shape index (κ1) is 12.3. The van der Waals surface area contributed by atoms with E-state index in [9.17, 15) is 0 Å². The van der Waals surface area contributed by atoms with Gasteiger partial charge in [-0.1, -0.05) is 12.1 Å². The Morgan fingerprint density at radius 1 is 1.05 bits per heavy atom. The Hall–Kier alpha value is -1.69. The van der Waals surface area contributed by atoms with E-state index in [0.29, 0.717) is 0 Å². The normalized spacial score (nSPS) is 10.6. The SMILES string of the molecule is Cc1cccc(Nc2ncnc3ccc(I)cc23)c1. The lowest BCUT2D eigenvalue weighted by atomic mass is 10.2. The number of benzene rings is 2. The van der Waals surface area contributed by atoms with Crippen LogP contribution in [0.4, 0.5) is 11.5 Å². The van der Waals surface area contributed by atoms with E-state index in [1.807, 2.05) is 24.3 Å². The molecule has 0 bridgehead atoms. The van der Waals surface area contributed by atoms with Gasteiger partial charge in [-0.05, 0) is 65.4 Å². The number of rotatable bonds is 2. The molecule has 2 aromatic carbocycles. The number of hydrogen-bond donors (Lipinski definition) is 1. The van der Waals surface area contributed by atoms with Crippen LogP contribution in [0.25, 0.3) is 10.9 Å². The van der Waals surface area contributed by atoms with Crippen molar-refractivity contribution in [2.75, 3.05) is 5.32 Å². The summed E-state index contributed by atoms with van der Waals surface area (Å²) in [7, 11) is 0. The molecule has 1 aromatic heterocycles. The smallest absolute Gasteiger partial charge is 0.141 e. The van der Waals surface area contributed by atoms with Crippen molar-refractivity contribution >= 4 is 45.0 Å². The summed E-state index contributed by atoms with van der Waals surface area (Å²) in [6.07, 6.45) is 1.59. The van der Waals surface area contributed by atoms with E-state index in [2.05, 4.69) is 63.0 Å². The molecule has 0 aliphatic heterocycles. The molecule has 0 aliphatic rings. The molecule has 0 fully saturated rings. The van der Waals surface area contributed by atoms with E-state index >= 15 is 0 Å². The third-order valence-corrected chi connectivity index (χ3v) is 3.55. The Balaban J connectivity index is 2.07. The van der Waals surface area contributed by atoms with E-state index in [-0.39, 0.29) is 0 Å². The summed E-state index contributed by atoms with van der Waals surface area (Å²) in [5.41, 5.74) is 3.21. The molecule has 19 heavy (non-hydrogen) atoms. The minimum atomic E-state index is 0.842. The highest BCUT2D eigenvalue weighted by Crippen LogP contribution is 2.24. The van der Waals surface area contributed by atoms with Gasteiger partial charge in [-0.25, -0.2) is 9.97 Å². The van der Waals surface area contributed by atoms with Crippen LogP contribution in [0.1, 0.15) is 5.56 Å². The standard InChI is InChI=1S/C15H12IN3/c1-10-3-2-4-12(7-10)19-15-13-8-11(16)5-6-14(13)17-9-18-15/h2-9H,1H3,(H,17,18,19). The van der Waals surface area contributed by atoms with Gasteiger partial charge in [0.25, 0.3) is 0 Å². The van der Waals surface area contributed by atoms with E-state index < -0.39 is 0 Å². The second-order valence-corrected chi connectivity index (χ2v) is 5.62. The molecule has 0 saturated heterocycles. The number of aryl methyl sites for hydroxylation is 1. The van der Waals surface area contributed by atoms with Crippen molar-refractivity contribution in [2.45, 2.75) is 6.92 Å². The van der Waals surface area contributed by atoms with Gasteiger partial charge >= 0.3 is 0 Å². The average Bonchev–Trinajstić information content (AvgIpc) is 2.39. The molecule has 94 valence electrons. The molecular weight excluding hydrogens is 349 g/mol. The lowest BCUT2D eigenvalue weighted by Crippen LogP contribution is -1.96. The predicted molar refractivity (Wildman–Crippen MR) is 86.7 cm³/mol. The Kier molecular flexibility index (Phi) is 3.33. The lowest BCUT2D eigenvalue weighted by molar-refractivity contribution is 1.22. The van der Waals surface area contributed by atoms with Crippen LogP contribution in [0, 0.1) is 10.5 Å². The Labute approximate surface area is 125 Å². The molecule has 0 saturated carbocycles. The van der Waals surface area contributed by atoms with E-state index in [1.165, 1.54) is 9.13 Å². The van der Waals surface area contributed by atoms with E-state index in [4.69, 9.17) is 0 Å². The van der Waals surface area contributed by atoms with Crippen LogP contribution in [-0.2, 0) is 0 Å². The summed E-state index contributed by atoms with van der Waals surface area (Å²) in [4.78, 5) is 8.64. The average molecular weight is 361 g/mol. The van der Waals surface area contributed by atoms with Gasteiger partial charge in [-0.2, -0.15) is 0 Å². The number of fused-ring (bicyclic) bond motifs is 1. The molecular formula is C15H12IN3. The third-order valence-electron chi connectivity index (χ3n) is 2.88. The van der Waals surface area contributed by atoms with Crippen LogP contribution >= 0.6 is 22.6 Å². The van der Waals surface area contributed by atoms with E-state index in [1.54, 1.807) is 6.33 Å². The fourth-order valence-electron chi connectivity index (χ4n) is 1.99. The highest BCUT2D eigenvalue weighted by atomic mass is 127. The third kappa shape index (κ3) is 2.68. The molecule has 0 radical (unpaired) electrons. The maximum Gasteiger partial charge on any atom is 0.141 e. The number of hydrogen-bond acceptors (Lipinski definition) is 3. The van der Waals surface area contributed by atoms with Crippen molar-refractivity contribution in [3.8, 4) is 0 Å². The minimum Gasteiger partial charge on any atom is -0.340 e. The molecule has 4 heteroatoms. The van der Waals surface area contributed by atoms with Crippen LogP contribution in [0.2, 0.25) is 0 Å². The number of aromatic nitrogens is 2. The van der Waals surface area contributed by atoms with Crippen LogP contribution in [0.3, 0.4) is 0 Å². The molecule has 3 nitrogen and oxygen atoms in total. The van der Waals surface area contributed by atoms with Crippen molar-refractivity contribution in [3.63, 3.8) is 0 Å². The van der Waals surface area contributed by atoms with Crippen LogP contribution in [0.5, 0.6) is 0 Å². The Morgan fingerprint density at radius 2 is 1.95 bits per heavy atom. The zero-order chi connectivity index (χ0) is 13.2. The quantitative estimate of drug-likeness (QED) is 0.692. The maximum atomic E-state index is 4.35. The fraction of sp³-hybridized carbons (Fsp3) is 0.0667. The molecule has 0 atom stereocenters. The van der Waals surface area contributed by atoms with Gasteiger partial charge in [0.2, 0.25) is 0 Å². The van der Waals surface area contributed by atoms with Crippen LogP contribution in [-0.4, -0.2) is 9.97 Å². The Morgan fingerprint density at radius 3 is 2.79 bits per heavy atom. The number of nitrogens with zero attached hydrogens (tertiary/aromatic N) is 2. The van der Waals surface area contributed by atoms with Crippen molar-refractivity contribution in [2.24, 2.45) is 0 Å². The summed E-state index contributed by atoms with van der Waals surface area (Å²) in [6, 6.07) is 14.4. The monoisotopic (exact) mass is 361 g/mol. The molecule has 1 heterocycles. The first-order valence-corrected chi connectivity index (χ1v) is 7.04. The fourth-order valence-corrected chi connectivity index (χ4v) is 2.48. The molecule has 1 N–H and O–H groups in total. The summed E-state index contributed by atoms with van der Waals surface area (Å²) < 4.78 is 1.17. The lowest BCUT2D eigenvalue weighted by Gasteiger charge is -2.09. The van der Waals surface area contributed by atoms with Crippen molar-refractivity contribution < 1.29 is 0 Å². The Bertz CT molecular complexity index is 740. The molecule has 3 rings (SSSR count). The highest BCUT2D eigenvalue weighted by molar-refractivity contribution is 14.1. The van der Waals surface area contributed by atoms with Gasteiger partial charge in [0.1, 0.15) is 12.1 Å². The second kappa shape index (κ2) is 5.13. The van der Waals surface area contributed by atoms with Crippen molar-refractivity contribution in [3.05, 3.63) is 57.9 Å². The molecule has 0 aliphatic carbocycles. The summed E-state index contributed by atoms with van der Waals surface area (Å²) in [6.45, 7) is 2.08. The van der Waals surface area contributed by atoms with Crippen LogP contribution in [0.15, 0.2) is 48.8 Å². The molecule has 3 aromatic rings. The summed E-state index contributed by atoms with van der Waals surface area (Å²) in [5.74, 6) is 0.842. The maximum absolute atomic E-state index is 4.35. The van der Waals surface area contributed by atoms with Gasteiger partial charge in [0.05, 0.1) is 5.52 Å². The zero-order valence-corrected chi connectivity index (χ0v) is 12.5.